The fourth-order valence-electron chi connectivity index (χ4n) is 4.89. The smallest absolute Gasteiger partial charge is 0.264 e. The second-order valence-corrected chi connectivity index (χ2v) is 14.0. The van der Waals surface area contributed by atoms with E-state index in [1.165, 1.54) is 17.0 Å². The van der Waals surface area contributed by atoms with E-state index in [-0.39, 0.29) is 29.7 Å². The first kappa shape index (κ1) is 34.7. The number of halogens is 1. The van der Waals surface area contributed by atoms with Crippen molar-refractivity contribution < 1.29 is 22.7 Å². The standard InChI is InChI=1S/C36H40BrN3O5S/c1-4-45-32-19-17-31(18-20-32)40(46(43,44)33-21-15-30(37)16-22-33)26-35(41)39(25-29-13-9-6-10-14-29)34(36(42)38-24-27(2)3)23-28-11-7-5-8-12-28/h5-22,27,34H,4,23-26H2,1-3H3,(H,38,42)/t34-/m1/s1. The molecule has 2 amide bonds. The number of anilines is 1. The summed E-state index contributed by atoms with van der Waals surface area (Å²) in [4.78, 5) is 29.9. The maximum absolute atomic E-state index is 14.5. The lowest BCUT2D eigenvalue weighted by atomic mass is 10.0. The highest BCUT2D eigenvalue weighted by molar-refractivity contribution is 9.10. The van der Waals surface area contributed by atoms with E-state index in [1.807, 2.05) is 81.4 Å². The number of sulfonamides is 1. The molecule has 1 atom stereocenters. The number of hydrogen-bond acceptors (Lipinski definition) is 5. The highest BCUT2D eigenvalue weighted by Gasteiger charge is 2.34. The largest absolute Gasteiger partial charge is 0.494 e. The van der Waals surface area contributed by atoms with Crippen LogP contribution in [0.1, 0.15) is 31.9 Å². The average Bonchev–Trinajstić information content (AvgIpc) is 3.05. The summed E-state index contributed by atoms with van der Waals surface area (Å²) in [6.07, 6.45) is 0.256. The normalized spacial score (nSPS) is 11.9. The highest BCUT2D eigenvalue weighted by atomic mass is 79.9. The van der Waals surface area contributed by atoms with E-state index in [9.17, 15) is 18.0 Å². The third kappa shape index (κ3) is 9.43. The Morgan fingerprint density at radius 3 is 1.98 bits per heavy atom. The van der Waals surface area contributed by atoms with Gasteiger partial charge in [0.05, 0.1) is 17.2 Å². The Labute approximate surface area is 280 Å². The van der Waals surface area contributed by atoms with Gasteiger partial charge in [0.25, 0.3) is 10.0 Å². The summed E-state index contributed by atoms with van der Waals surface area (Å²) in [5.74, 6) is -0.0379. The minimum Gasteiger partial charge on any atom is -0.494 e. The zero-order chi connectivity index (χ0) is 33.1. The first-order valence-corrected chi connectivity index (χ1v) is 17.5. The van der Waals surface area contributed by atoms with Gasteiger partial charge in [0.1, 0.15) is 18.3 Å². The third-order valence-electron chi connectivity index (χ3n) is 7.27. The summed E-state index contributed by atoms with van der Waals surface area (Å²) in [7, 11) is -4.20. The molecule has 0 saturated heterocycles. The molecule has 0 aromatic heterocycles. The predicted octanol–water partition coefficient (Wildman–Crippen LogP) is 6.46. The van der Waals surface area contributed by atoms with Crippen molar-refractivity contribution in [3.05, 3.63) is 125 Å². The molecule has 46 heavy (non-hydrogen) atoms. The molecule has 0 aliphatic rings. The summed E-state index contributed by atoms with van der Waals surface area (Å²) < 4.78 is 35.7. The lowest BCUT2D eigenvalue weighted by molar-refractivity contribution is -0.140. The Morgan fingerprint density at radius 2 is 1.41 bits per heavy atom. The van der Waals surface area contributed by atoms with Crippen molar-refractivity contribution in [3.63, 3.8) is 0 Å². The van der Waals surface area contributed by atoms with Gasteiger partial charge in [0.2, 0.25) is 11.8 Å². The van der Waals surface area contributed by atoms with Gasteiger partial charge in [-0.2, -0.15) is 0 Å². The summed E-state index contributed by atoms with van der Waals surface area (Å²) in [5.41, 5.74) is 1.99. The SMILES string of the molecule is CCOc1ccc(N(CC(=O)N(Cc2ccccc2)[C@H](Cc2ccccc2)C(=O)NCC(C)C)S(=O)(=O)c2ccc(Br)cc2)cc1. The molecule has 0 unspecified atom stereocenters. The van der Waals surface area contributed by atoms with Crippen molar-refractivity contribution in [2.45, 2.75) is 44.7 Å². The number of ether oxygens (including phenoxy) is 1. The van der Waals surface area contributed by atoms with E-state index in [0.29, 0.717) is 24.6 Å². The Balaban J connectivity index is 1.78. The Hall–Kier alpha value is -4.15. The third-order valence-corrected chi connectivity index (χ3v) is 9.58. The van der Waals surface area contributed by atoms with Crippen molar-refractivity contribution in [3.8, 4) is 5.75 Å². The van der Waals surface area contributed by atoms with Crippen LogP contribution in [0.15, 0.2) is 119 Å². The number of rotatable bonds is 15. The van der Waals surface area contributed by atoms with Crippen molar-refractivity contribution in [1.29, 1.82) is 0 Å². The molecule has 0 saturated carbocycles. The lowest BCUT2D eigenvalue weighted by Gasteiger charge is -2.34. The first-order chi connectivity index (χ1) is 22.1. The van der Waals surface area contributed by atoms with Crippen LogP contribution in [0.2, 0.25) is 0 Å². The van der Waals surface area contributed by atoms with Crippen LogP contribution >= 0.6 is 15.9 Å². The number of nitrogens with one attached hydrogen (secondary N) is 1. The van der Waals surface area contributed by atoms with Gasteiger partial charge in [-0.1, -0.05) is 90.4 Å². The van der Waals surface area contributed by atoms with Crippen LogP contribution in [0.25, 0.3) is 0 Å². The van der Waals surface area contributed by atoms with Crippen LogP contribution < -0.4 is 14.4 Å². The molecule has 10 heteroatoms. The molecule has 0 radical (unpaired) electrons. The average molecular weight is 707 g/mol. The molecular formula is C36H40BrN3O5S. The van der Waals surface area contributed by atoms with Gasteiger partial charge in [0, 0.05) is 24.0 Å². The summed E-state index contributed by atoms with van der Waals surface area (Å²) in [6.45, 7) is 6.34. The highest BCUT2D eigenvalue weighted by Crippen LogP contribution is 2.28. The van der Waals surface area contributed by atoms with Crippen LogP contribution in [0.3, 0.4) is 0 Å². The van der Waals surface area contributed by atoms with Crippen molar-refractivity contribution in [2.75, 3.05) is 24.0 Å². The van der Waals surface area contributed by atoms with E-state index in [1.54, 1.807) is 36.4 Å². The monoisotopic (exact) mass is 705 g/mol. The van der Waals surface area contributed by atoms with Crippen LogP contribution in [0, 0.1) is 5.92 Å². The fraction of sp³-hybridized carbons (Fsp3) is 0.278. The zero-order valence-corrected chi connectivity index (χ0v) is 28.7. The van der Waals surface area contributed by atoms with Crippen molar-refractivity contribution >= 4 is 43.5 Å². The maximum atomic E-state index is 14.5. The van der Waals surface area contributed by atoms with Gasteiger partial charge in [0.15, 0.2) is 0 Å². The first-order valence-electron chi connectivity index (χ1n) is 15.2. The topological polar surface area (TPSA) is 96.0 Å². The summed E-state index contributed by atoms with van der Waals surface area (Å²) in [6, 6.07) is 30.8. The van der Waals surface area contributed by atoms with Gasteiger partial charge in [-0.05, 0) is 72.5 Å². The number of nitrogens with zero attached hydrogens (tertiary/aromatic N) is 2. The molecular weight excluding hydrogens is 666 g/mol. The number of carbonyl (C=O) groups excluding carboxylic acids is 2. The second-order valence-electron chi connectivity index (χ2n) is 11.2. The molecule has 0 aliphatic heterocycles. The molecule has 242 valence electrons. The maximum Gasteiger partial charge on any atom is 0.264 e. The van der Waals surface area contributed by atoms with E-state index >= 15 is 0 Å². The molecule has 0 fully saturated rings. The molecule has 0 aliphatic carbocycles. The van der Waals surface area contributed by atoms with Gasteiger partial charge < -0.3 is 15.0 Å². The number of amides is 2. The number of benzene rings is 4. The van der Waals surface area contributed by atoms with E-state index in [0.717, 1.165) is 19.9 Å². The molecule has 1 N–H and O–H groups in total. The molecule has 4 aromatic rings. The molecule has 4 rings (SSSR count). The predicted molar refractivity (Wildman–Crippen MR) is 185 cm³/mol. The minimum absolute atomic E-state index is 0.0301. The molecule has 4 aromatic carbocycles. The second kappa shape index (κ2) is 16.4. The van der Waals surface area contributed by atoms with Crippen LogP contribution in [-0.4, -0.2) is 50.9 Å². The Kier molecular flexibility index (Phi) is 12.4. The minimum atomic E-state index is -4.20. The van der Waals surface area contributed by atoms with E-state index < -0.39 is 28.5 Å². The number of carbonyl (C=O) groups is 2. The van der Waals surface area contributed by atoms with E-state index in [4.69, 9.17) is 4.74 Å². The fourth-order valence-corrected chi connectivity index (χ4v) is 6.57. The zero-order valence-electron chi connectivity index (χ0n) is 26.3. The van der Waals surface area contributed by atoms with Gasteiger partial charge in [-0.25, -0.2) is 8.42 Å². The van der Waals surface area contributed by atoms with Crippen LogP contribution in [-0.2, 0) is 32.6 Å². The Bertz CT molecular complexity index is 1670. The van der Waals surface area contributed by atoms with Crippen molar-refractivity contribution in [2.24, 2.45) is 5.92 Å². The quantitative estimate of drug-likeness (QED) is 0.153. The van der Waals surface area contributed by atoms with E-state index in [2.05, 4.69) is 21.2 Å². The molecule has 0 spiro atoms. The Morgan fingerprint density at radius 1 is 0.826 bits per heavy atom. The van der Waals surface area contributed by atoms with Crippen LogP contribution in [0.4, 0.5) is 5.69 Å². The van der Waals surface area contributed by atoms with Crippen LogP contribution in [0.5, 0.6) is 5.75 Å². The summed E-state index contributed by atoms with van der Waals surface area (Å²) in [5, 5.41) is 3.01. The molecule has 0 heterocycles. The van der Waals surface area contributed by atoms with Gasteiger partial charge >= 0.3 is 0 Å². The van der Waals surface area contributed by atoms with Gasteiger partial charge in [-0.3, -0.25) is 13.9 Å². The number of hydrogen-bond donors (Lipinski definition) is 1. The summed E-state index contributed by atoms with van der Waals surface area (Å²) >= 11 is 3.36. The van der Waals surface area contributed by atoms with Gasteiger partial charge in [-0.15, -0.1) is 0 Å². The van der Waals surface area contributed by atoms with Crippen molar-refractivity contribution in [1.82, 2.24) is 10.2 Å². The lowest BCUT2D eigenvalue weighted by Crippen LogP contribution is -2.53. The molecule has 0 bridgehead atoms. The molecule has 8 nitrogen and oxygen atoms in total.